The van der Waals surface area contributed by atoms with Gasteiger partial charge in [0.25, 0.3) is 10.2 Å². The monoisotopic (exact) mass is 345 g/mol. The summed E-state index contributed by atoms with van der Waals surface area (Å²) in [5, 5.41) is 0. The van der Waals surface area contributed by atoms with Crippen LogP contribution in [-0.4, -0.2) is 25.2 Å². The molecule has 1 heterocycles. The second-order valence-corrected chi connectivity index (χ2v) is 7.42. The number of nitrogens with two attached hydrogens (primary N) is 1. The third-order valence-electron chi connectivity index (χ3n) is 4.12. The summed E-state index contributed by atoms with van der Waals surface area (Å²) in [7, 11) is -3.84. The van der Waals surface area contributed by atoms with E-state index in [1.807, 2.05) is 24.3 Å². The molecule has 2 aromatic carbocycles. The normalized spacial score (nSPS) is 16.3. The van der Waals surface area contributed by atoms with Crippen molar-refractivity contribution < 1.29 is 13.2 Å². The lowest BCUT2D eigenvalue weighted by Gasteiger charge is -2.29. The van der Waals surface area contributed by atoms with Crippen LogP contribution in [0.5, 0.6) is 0 Å². The molecular weight excluding hydrogens is 326 g/mol. The Labute approximate surface area is 141 Å². The van der Waals surface area contributed by atoms with E-state index in [1.165, 1.54) is 4.31 Å². The zero-order chi connectivity index (χ0) is 17.2. The zero-order valence-corrected chi connectivity index (χ0v) is 13.9. The predicted molar refractivity (Wildman–Crippen MR) is 91.0 cm³/mol. The first kappa shape index (κ1) is 16.6. The molecule has 1 atom stereocenters. The molecular formula is C17H19N3O3S. The van der Waals surface area contributed by atoms with Crippen molar-refractivity contribution in [3.05, 3.63) is 71.3 Å². The van der Waals surface area contributed by atoms with E-state index in [0.29, 0.717) is 18.5 Å². The highest BCUT2D eigenvalue weighted by Crippen LogP contribution is 2.22. The number of carbonyl (C=O) groups is 1. The van der Waals surface area contributed by atoms with E-state index in [4.69, 9.17) is 5.73 Å². The van der Waals surface area contributed by atoms with Gasteiger partial charge < -0.3 is 5.73 Å². The standard InChI is InChI=1S/C17H19N3O3S/c18-17(21)16(14-7-2-1-3-8-14)19-24(22,23)20-11-10-13-6-4-5-9-15(13)12-20/h1-9,16,19H,10-12H2,(H2,18,21). The average Bonchev–Trinajstić information content (AvgIpc) is 2.60. The fourth-order valence-corrected chi connectivity index (χ4v) is 4.17. The largest absolute Gasteiger partial charge is 0.368 e. The Balaban J connectivity index is 1.82. The molecule has 0 spiro atoms. The van der Waals surface area contributed by atoms with Crippen LogP contribution in [0.15, 0.2) is 54.6 Å². The number of amides is 1. The molecule has 3 rings (SSSR count). The van der Waals surface area contributed by atoms with Crippen molar-refractivity contribution in [2.24, 2.45) is 5.73 Å². The topological polar surface area (TPSA) is 92.5 Å². The summed E-state index contributed by atoms with van der Waals surface area (Å²) in [5.74, 6) is -0.734. The highest BCUT2D eigenvalue weighted by atomic mass is 32.2. The Hall–Kier alpha value is -2.22. The maximum Gasteiger partial charge on any atom is 0.280 e. The Morgan fingerprint density at radius 1 is 1.04 bits per heavy atom. The second-order valence-electron chi connectivity index (χ2n) is 5.72. The van der Waals surface area contributed by atoms with Crippen LogP contribution in [-0.2, 0) is 28.0 Å². The summed E-state index contributed by atoms with van der Waals surface area (Å²) in [4.78, 5) is 11.7. The number of hydrogen-bond acceptors (Lipinski definition) is 3. The Morgan fingerprint density at radius 2 is 1.67 bits per heavy atom. The fraction of sp³-hybridized carbons (Fsp3) is 0.235. The highest BCUT2D eigenvalue weighted by Gasteiger charge is 2.31. The number of fused-ring (bicyclic) bond motifs is 1. The van der Waals surface area contributed by atoms with E-state index < -0.39 is 22.2 Å². The number of primary amides is 1. The first-order chi connectivity index (χ1) is 11.5. The van der Waals surface area contributed by atoms with Crippen LogP contribution in [0.4, 0.5) is 0 Å². The minimum atomic E-state index is -3.84. The van der Waals surface area contributed by atoms with Gasteiger partial charge in [-0.2, -0.15) is 17.4 Å². The predicted octanol–water partition coefficient (Wildman–Crippen LogP) is 1.11. The minimum Gasteiger partial charge on any atom is -0.368 e. The SMILES string of the molecule is NC(=O)C(NS(=O)(=O)N1CCc2ccccc2C1)c1ccccc1. The molecule has 0 fully saturated rings. The molecule has 1 aliphatic heterocycles. The molecule has 24 heavy (non-hydrogen) atoms. The molecule has 0 saturated heterocycles. The van der Waals surface area contributed by atoms with Gasteiger partial charge in [0.1, 0.15) is 6.04 Å². The molecule has 6 nitrogen and oxygen atoms in total. The first-order valence-electron chi connectivity index (χ1n) is 7.66. The maximum absolute atomic E-state index is 12.7. The van der Waals surface area contributed by atoms with E-state index in [1.54, 1.807) is 30.3 Å². The van der Waals surface area contributed by atoms with Gasteiger partial charge in [-0.25, -0.2) is 0 Å². The Morgan fingerprint density at radius 3 is 2.33 bits per heavy atom. The van der Waals surface area contributed by atoms with Gasteiger partial charge in [0.05, 0.1) is 0 Å². The number of nitrogens with one attached hydrogen (secondary N) is 1. The van der Waals surface area contributed by atoms with Gasteiger partial charge in [0, 0.05) is 13.1 Å². The van der Waals surface area contributed by atoms with E-state index in [0.717, 1.165) is 11.1 Å². The van der Waals surface area contributed by atoms with Crippen LogP contribution in [0, 0.1) is 0 Å². The molecule has 0 saturated carbocycles. The van der Waals surface area contributed by atoms with Crippen LogP contribution in [0.2, 0.25) is 0 Å². The molecule has 2 aromatic rings. The summed E-state index contributed by atoms with van der Waals surface area (Å²) in [6.45, 7) is 0.651. The number of benzene rings is 2. The van der Waals surface area contributed by atoms with E-state index >= 15 is 0 Å². The van der Waals surface area contributed by atoms with E-state index in [9.17, 15) is 13.2 Å². The van der Waals surface area contributed by atoms with Crippen molar-refractivity contribution >= 4 is 16.1 Å². The lowest BCUT2D eigenvalue weighted by Crippen LogP contribution is -2.47. The third-order valence-corrected chi connectivity index (χ3v) is 5.64. The third kappa shape index (κ3) is 3.48. The molecule has 0 aliphatic carbocycles. The number of hydrogen-bond donors (Lipinski definition) is 2. The Bertz CT molecular complexity index is 837. The van der Waals surface area contributed by atoms with Crippen molar-refractivity contribution in [3.63, 3.8) is 0 Å². The van der Waals surface area contributed by atoms with Gasteiger partial charge in [0.2, 0.25) is 5.91 Å². The molecule has 126 valence electrons. The lowest BCUT2D eigenvalue weighted by atomic mass is 10.0. The van der Waals surface area contributed by atoms with Crippen molar-refractivity contribution in [2.75, 3.05) is 6.54 Å². The van der Waals surface area contributed by atoms with Crippen LogP contribution < -0.4 is 10.5 Å². The molecule has 1 amide bonds. The lowest BCUT2D eigenvalue weighted by molar-refractivity contribution is -0.119. The molecule has 3 N–H and O–H groups in total. The summed E-state index contributed by atoms with van der Waals surface area (Å²) in [6, 6.07) is 15.3. The van der Waals surface area contributed by atoms with E-state index in [2.05, 4.69) is 4.72 Å². The molecule has 0 radical (unpaired) electrons. The van der Waals surface area contributed by atoms with E-state index in [-0.39, 0.29) is 6.54 Å². The number of rotatable bonds is 5. The van der Waals surface area contributed by atoms with Crippen LogP contribution in [0.25, 0.3) is 0 Å². The summed E-state index contributed by atoms with van der Waals surface area (Å²) < 4.78 is 29.2. The van der Waals surface area contributed by atoms with Crippen LogP contribution in [0.3, 0.4) is 0 Å². The average molecular weight is 345 g/mol. The van der Waals surface area contributed by atoms with Crippen molar-refractivity contribution in [1.29, 1.82) is 0 Å². The summed E-state index contributed by atoms with van der Waals surface area (Å²) in [6.07, 6.45) is 0.643. The molecule has 1 aliphatic rings. The quantitative estimate of drug-likeness (QED) is 0.850. The van der Waals surface area contributed by atoms with Gasteiger partial charge >= 0.3 is 0 Å². The van der Waals surface area contributed by atoms with Crippen molar-refractivity contribution in [1.82, 2.24) is 9.03 Å². The van der Waals surface area contributed by atoms with Gasteiger partial charge in [0.15, 0.2) is 0 Å². The highest BCUT2D eigenvalue weighted by molar-refractivity contribution is 7.87. The second kappa shape index (κ2) is 6.72. The maximum atomic E-state index is 12.7. The fourth-order valence-electron chi connectivity index (χ4n) is 2.83. The van der Waals surface area contributed by atoms with Crippen LogP contribution in [0.1, 0.15) is 22.7 Å². The minimum absolute atomic E-state index is 0.284. The first-order valence-corrected chi connectivity index (χ1v) is 9.10. The number of carbonyl (C=O) groups excluding carboxylic acids is 1. The van der Waals surface area contributed by atoms with Gasteiger partial charge in [-0.05, 0) is 23.1 Å². The van der Waals surface area contributed by atoms with Crippen molar-refractivity contribution in [2.45, 2.75) is 19.0 Å². The number of nitrogens with zero attached hydrogens (tertiary/aromatic N) is 1. The Kier molecular flexibility index (Phi) is 4.66. The molecule has 0 aromatic heterocycles. The zero-order valence-electron chi connectivity index (χ0n) is 13.1. The molecule has 1 unspecified atom stereocenters. The molecule has 7 heteroatoms. The summed E-state index contributed by atoms with van der Waals surface area (Å²) in [5.41, 5.74) is 8.04. The van der Waals surface area contributed by atoms with Gasteiger partial charge in [-0.3, -0.25) is 4.79 Å². The van der Waals surface area contributed by atoms with Crippen molar-refractivity contribution in [3.8, 4) is 0 Å². The smallest absolute Gasteiger partial charge is 0.280 e. The summed E-state index contributed by atoms with van der Waals surface area (Å²) >= 11 is 0. The van der Waals surface area contributed by atoms with Gasteiger partial charge in [-0.1, -0.05) is 54.6 Å². The molecule has 0 bridgehead atoms. The van der Waals surface area contributed by atoms with Gasteiger partial charge in [-0.15, -0.1) is 0 Å². The van der Waals surface area contributed by atoms with Crippen LogP contribution >= 0.6 is 0 Å².